The molecule has 0 aliphatic rings. The first-order valence-corrected chi connectivity index (χ1v) is 8.15. The third-order valence-electron chi connectivity index (χ3n) is 3.14. The topological polar surface area (TPSA) is 80.2 Å². The summed E-state index contributed by atoms with van der Waals surface area (Å²) in [6.45, 7) is 1.84. The number of nitrogens with zero attached hydrogens (tertiary/aromatic N) is 1. The largest absolute Gasteiger partial charge is 0.493 e. The highest BCUT2D eigenvalue weighted by Crippen LogP contribution is 2.33. The molecule has 0 aliphatic carbocycles. The third kappa shape index (κ3) is 4.85. The molecule has 0 bridgehead atoms. The lowest BCUT2D eigenvalue weighted by atomic mass is 10.2. The van der Waals surface area contributed by atoms with Crippen LogP contribution in [0.2, 0.25) is 0 Å². The number of nitrogens with one attached hydrogen (secondary N) is 1. The molecule has 2 aromatic rings. The molecule has 0 saturated heterocycles. The van der Waals surface area contributed by atoms with Gasteiger partial charge in [-0.05, 0) is 53.8 Å². The molecule has 1 amide bonds. The summed E-state index contributed by atoms with van der Waals surface area (Å²) in [5.74, 6) is 0.657. The summed E-state index contributed by atoms with van der Waals surface area (Å²) in [5.41, 5.74) is 2.50. The van der Waals surface area contributed by atoms with E-state index in [-0.39, 0.29) is 12.5 Å². The summed E-state index contributed by atoms with van der Waals surface area (Å²) in [4.78, 5) is 12.0. The van der Waals surface area contributed by atoms with E-state index >= 15 is 0 Å². The predicted molar refractivity (Wildman–Crippen MR) is 100 cm³/mol. The molecule has 0 saturated carbocycles. The van der Waals surface area contributed by atoms with E-state index in [1.165, 1.54) is 13.3 Å². The normalized spacial score (nSPS) is 10.6. The lowest BCUT2D eigenvalue weighted by Gasteiger charge is -2.13. The van der Waals surface area contributed by atoms with Gasteiger partial charge in [0.25, 0.3) is 5.91 Å². The number of benzene rings is 2. The number of amides is 1. The molecule has 0 heterocycles. The number of carbonyl (C=O) groups excluding carboxylic acids is 1. The van der Waals surface area contributed by atoms with E-state index in [1.54, 1.807) is 12.1 Å². The quantitative estimate of drug-likeness (QED) is 0.312. The first-order valence-electron chi connectivity index (χ1n) is 7.07. The Balaban J connectivity index is 2.05. The second-order valence-electron chi connectivity index (χ2n) is 4.98. The first kappa shape index (κ1) is 18.1. The highest BCUT2D eigenvalue weighted by atomic mass is 127. The summed E-state index contributed by atoms with van der Waals surface area (Å²) in [6.07, 6.45) is 1.29. The van der Waals surface area contributed by atoms with Crippen LogP contribution in [0.4, 0.5) is 5.69 Å². The summed E-state index contributed by atoms with van der Waals surface area (Å²) in [5, 5.41) is 14.4. The van der Waals surface area contributed by atoms with Crippen LogP contribution in [0, 0.1) is 10.5 Å². The molecule has 0 unspecified atom stereocenters. The number of ether oxygens (including phenoxy) is 2. The van der Waals surface area contributed by atoms with Gasteiger partial charge in [-0.15, -0.1) is 0 Å². The van der Waals surface area contributed by atoms with Crippen molar-refractivity contribution in [2.75, 3.05) is 19.0 Å². The van der Waals surface area contributed by atoms with Crippen LogP contribution in [0.15, 0.2) is 41.6 Å². The summed E-state index contributed by atoms with van der Waals surface area (Å²) >= 11 is 2.07. The van der Waals surface area contributed by atoms with Crippen LogP contribution in [0.1, 0.15) is 11.1 Å². The van der Waals surface area contributed by atoms with Crippen molar-refractivity contribution in [3.8, 4) is 11.5 Å². The van der Waals surface area contributed by atoms with Gasteiger partial charge < -0.3 is 20.0 Å². The Morgan fingerprint density at radius 1 is 1.33 bits per heavy atom. The summed E-state index contributed by atoms with van der Waals surface area (Å²) < 4.78 is 11.6. The lowest BCUT2D eigenvalue weighted by Crippen LogP contribution is -2.20. The average Bonchev–Trinajstić information content (AvgIpc) is 2.56. The molecule has 24 heavy (non-hydrogen) atoms. The van der Waals surface area contributed by atoms with Gasteiger partial charge in [-0.3, -0.25) is 4.79 Å². The fourth-order valence-corrected chi connectivity index (χ4v) is 2.77. The van der Waals surface area contributed by atoms with Gasteiger partial charge in [-0.1, -0.05) is 22.9 Å². The predicted octanol–water partition coefficient (Wildman–Crippen LogP) is 3.43. The zero-order valence-electron chi connectivity index (χ0n) is 13.2. The van der Waals surface area contributed by atoms with Gasteiger partial charge in [0.05, 0.1) is 16.9 Å². The molecular weight excluding hydrogens is 423 g/mol. The van der Waals surface area contributed by atoms with Gasteiger partial charge in [-0.25, -0.2) is 0 Å². The number of hydrogen-bond acceptors (Lipinski definition) is 5. The Morgan fingerprint density at radius 2 is 2.04 bits per heavy atom. The Labute approximate surface area is 153 Å². The van der Waals surface area contributed by atoms with E-state index < -0.39 is 0 Å². The van der Waals surface area contributed by atoms with Crippen molar-refractivity contribution < 1.29 is 19.5 Å². The van der Waals surface area contributed by atoms with E-state index in [1.807, 2.05) is 31.2 Å². The SMILES string of the molecule is COc1cc(C=NO)cc(I)c1OCC(=O)Nc1ccc(C)cc1. The van der Waals surface area contributed by atoms with Crippen LogP contribution in [-0.2, 0) is 4.79 Å². The van der Waals surface area contributed by atoms with E-state index in [9.17, 15) is 4.79 Å². The summed E-state index contributed by atoms with van der Waals surface area (Å²) in [6, 6.07) is 10.9. The van der Waals surface area contributed by atoms with E-state index in [0.717, 1.165) is 9.13 Å². The highest BCUT2D eigenvalue weighted by molar-refractivity contribution is 14.1. The van der Waals surface area contributed by atoms with Crippen molar-refractivity contribution in [1.29, 1.82) is 0 Å². The number of rotatable bonds is 6. The maximum atomic E-state index is 12.0. The smallest absolute Gasteiger partial charge is 0.262 e. The van der Waals surface area contributed by atoms with Crippen LogP contribution < -0.4 is 14.8 Å². The highest BCUT2D eigenvalue weighted by Gasteiger charge is 2.13. The number of carbonyl (C=O) groups is 1. The van der Waals surface area contributed by atoms with Gasteiger partial charge >= 0.3 is 0 Å². The van der Waals surface area contributed by atoms with Crippen LogP contribution >= 0.6 is 22.6 Å². The zero-order valence-corrected chi connectivity index (χ0v) is 15.4. The van der Waals surface area contributed by atoms with Crippen molar-refractivity contribution in [2.45, 2.75) is 6.92 Å². The van der Waals surface area contributed by atoms with Gasteiger partial charge in [0.15, 0.2) is 18.1 Å². The first-order chi connectivity index (χ1) is 11.5. The van der Waals surface area contributed by atoms with Crippen LogP contribution in [0.3, 0.4) is 0 Å². The number of aryl methyl sites for hydroxylation is 1. The van der Waals surface area contributed by atoms with Crippen LogP contribution in [0.5, 0.6) is 11.5 Å². The molecule has 0 atom stereocenters. The maximum absolute atomic E-state index is 12.0. The Kier molecular flexibility index (Phi) is 6.42. The monoisotopic (exact) mass is 440 g/mol. The molecule has 0 aliphatic heterocycles. The summed E-state index contributed by atoms with van der Waals surface area (Å²) in [7, 11) is 1.50. The van der Waals surface area contributed by atoms with Crippen molar-refractivity contribution in [3.63, 3.8) is 0 Å². The Morgan fingerprint density at radius 3 is 2.67 bits per heavy atom. The third-order valence-corrected chi connectivity index (χ3v) is 3.94. The molecule has 126 valence electrons. The van der Waals surface area contributed by atoms with E-state index in [4.69, 9.17) is 14.7 Å². The van der Waals surface area contributed by atoms with Gasteiger partial charge in [0, 0.05) is 11.3 Å². The second kappa shape index (κ2) is 8.53. The maximum Gasteiger partial charge on any atom is 0.262 e. The molecule has 2 rings (SSSR count). The van der Waals surface area contributed by atoms with Crippen LogP contribution in [0.25, 0.3) is 0 Å². The fourth-order valence-electron chi connectivity index (χ4n) is 1.99. The molecular formula is C17H17IN2O4. The number of halogens is 1. The Hall–Kier alpha value is -2.29. The van der Waals surface area contributed by atoms with Gasteiger partial charge in [0.2, 0.25) is 0 Å². The molecule has 0 fully saturated rings. The molecule has 7 heteroatoms. The fraction of sp³-hybridized carbons (Fsp3) is 0.176. The van der Waals surface area contributed by atoms with Gasteiger partial charge in [0.1, 0.15) is 0 Å². The van der Waals surface area contributed by atoms with Crippen molar-refractivity contribution in [1.82, 2.24) is 0 Å². The molecule has 0 aromatic heterocycles. The number of hydrogen-bond donors (Lipinski definition) is 2. The number of anilines is 1. The standard InChI is InChI=1S/C17H17IN2O4/c1-11-3-5-13(6-4-11)20-16(21)10-24-17-14(18)7-12(9-19-22)8-15(17)23-2/h3-9,22H,10H2,1-2H3,(H,20,21). The average molecular weight is 440 g/mol. The molecule has 2 N–H and O–H groups in total. The molecule has 0 spiro atoms. The minimum absolute atomic E-state index is 0.145. The number of methoxy groups -OCH3 is 1. The zero-order chi connectivity index (χ0) is 17.5. The van der Waals surface area contributed by atoms with Crippen LogP contribution in [-0.4, -0.2) is 31.0 Å². The number of oxime groups is 1. The lowest BCUT2D eigenvalue weighted by molar-refractivity contribution is -0.118. The molecule has 2 aromatic carbocycles. The van der Waals surface area contributed by atoms with Crippen molar-refractivity contribution >= 4 is 40.4 Å². The van der Waals surface area contributed by atoms with E-state index in [2.05, 4.69) is 33.1 Å². The molecule has 0 radical (unpaired) electrons. The minimum atomic E-state index is -0.266. The second-order valence-corrected chi connectivity index (χ2v) is 6.14. The van der Waals surface area contributed by atoms with E-state index in [0.29, 0.717) is 22.7 Å². The Bertz CT molecular complexity index is 745. The molecule has 6 nitrogen and oxygen atoms in total. The van der Waals surface area contributed by atoms with Gasteiger partial charge in [-0.2, -0.15) is 0 Å². The van der Waals surface area contributed by atoms with Crippen molar-refractivity contribution in [3.05, 3.63) is 51.1 Å². The van der Waals surface area contributed by atoms with Crippen molar-refractivity contribution in [2.24, 2.45) is 5.16 Å². The minimum Gasteiger partial charge on any atom is -0.493 e.